The predicted octanol–water partition coefficient (Wildman–Crippen LogP) is 2.44. The van der Waals surface area contributed by atoms with Crippen molar-refractivity contribution in [3.63, 3.8) is 0 Å². The fraction of sp³-hybridized carbons (Fsp3) is 0.455. The lowest BCUT2D eigenvalue weighted by molar-refractivity contribution is 0.336. The van der Waals surface area contributed by atoms with Crippen molar-refractivity contribution in [1.82, 2.24) is 0 Å². The second-order valence-electron chi connectivity index (χ2n) is 2.38. The normalized spacial score (nSPS) is 8.60. The zero-order valence-electron chi connectivity index (χ0n) is 9.83. The molecule has 4 heteroatoms. The number of hydrogen-bond acceptors (Lipinski definition) is 4. The van der Waals surface area contributed by atoms with Gasteiger partial charge in [-0.3, -0.25) is 0 Å². The van der Waals surface area contributed by atoms with Gasteiger partial charge in [0.2, 0.25) is 0 Å². The van der Waals surface area contributed by atoms with Crippen LogP contribution in [0.5, 0.6) is 23.0 Å². The summed E-state index contributed by atoms with van der Waals surface area (Å²) in [6.45, 7) is 4.00. The minimum absolute atomic E-state index is 0.0279. The highest BCUT2D eigenvalue weighted by molar-refractivity contribution is 5.53. The quantitative estimate of drug-likeness (QED) is 0.839. The van der Waals surface area contributed by atoms with Gasteiger partial charge in [-0.05, 0) is 0 Å². The van der Waals surface area contributed by atoms with E-state index in [1.165, 1.54) is 27.4 Å². The molecule has 0 spiro atoms. The first-order valence-corrected chi connectivity index (χ1v) is 4.72. The Hall–Kier alpha value is -1.58. The molecule has 4 nitrogen and oxygen atoms in total. The Bertz CT molecular complexity index is 297. The molecule has 0 amide bonds. The van der Waals surface area contributed by atoms with Crippen molar-refractivity contribution >= 4 is 0 Å². The van der Waals surface area contributed by atoms with Crippen molar-refractivity contribution in [2.24, 2.45) is 0 Å². The van der Waals surface area contributed by atoms with Crippen LogP contribution in [-0.4, -0.2) is 26.4 Å². The van der Waals surface area contributed by atoms with Crippen LogP contribution in [0.15, 0.2) is 12.1 Å². The van der Waals surface area contributed by atoms with Gasteiger partial charge in [0.05, 0.1) is 21.3 Å². The van der Waals surface area contributed by atoms with E-state index in [1.807, 2.05) is 13.8 Å². The van der Waals surface area contributed by atoms with Gasteiger partial charge in [-0.15, -0.1) is 0 Å². The first-order chi connectivity index (χ1) is 7.22. The third kappa shape index (κ3) is 3.23. The minimum atomic E-state index is 0.0279. The highest BCUT2D eigenvalue weighted by atomic mass is 16.5. The Morgan fingerprint density at radius 1 is 0.800 bits per heavy atom. The summed E-state index contributed by atoms with van der Waals surface area (Å²) in [5, 5.41) is 9.38. The third-order valence-corrected chi connectivity index (χ3v) is 1.69. The molecular weight excluding hydrogens is 196 g/mol. The van der Waals surface area contributed by atoms with Crippen molar-refractivity contribution in [3.8, 4) is 23.0 Å². The average Bonchev–Trinajstić information content (AvgIpc) is 2.31. The SMILES string of the molecule is CC.COc1cc(OC)c(OC)cc1O. The van der Waals surface area contributed by atoms with Gasteiger partial charge in [0.1, 0.15) is 0 Å². The van der Waals surface area contributed by atoms with Crippen LogP contribution >= 0.6 is 0 Å². The van der Waals surface area contributed by atoms with Crippen LogP contribution in [0.1, 0.15) is 13.8 Å². The molecule has 0 aliphatic heterocycles. The van der Waals surface area contributed by atoms with Gasteiger partial charge in [-0.2, -0.15) is 0 Å². The maximum absolute atomic E-state index is 9.38. The number of aromatic hydroxyl groups is 1. The summed E-state index contributed by atoms with van der Waals surface area (Å²) < 4.78 is 14.9. The van der Waals surface area contributed by atoms with Crippen molar-refractivity contribution in [3.05, 3.63) is 12.1 Å². The van der Waals surface area contributed by atoms with E-state index in [0.717, 1.165) is 0 Å². The number of ether oxygens (including phenoxy) is 3. The number of benzene rings is 1. The smallest absolute Gasteiger partial charge is 0.164 e. The summed E-state index contributed by atoms with van der Waals surface area (Å²) in [6, 6.07) is 3.01. The fourth-order valence-corrected chi connectivity index (χ4v) is 1.01. The minimum Gasteiger partial charge on any atom is -0.504 e. The molecule has 0 aromatic heterocycles. The molecule has 0 unspecified atom stereocenters. The second kappa shape index (κ2) is 6.81. The van der Waals surface area contributed by atoms with Gasteiger partial charge in [-0.25, -0.2) is 0 Å². The molecule has 0 saturated heterocycles. The molecule has 0 radical (unpaired) electrons. The summed E-state index contributed by atoms with van der Waals surface area (Å²) in [5.41, 5.74) is 0. The molecule has 0 heterocycles. The molecule has 0 fully saturated rings. The number of phenolic OH excluding ortho intramolecular Hbond substituents is 1. The molecule has 0 atom stereocenters. The monoisotopic (exact) mass is 214 g/mol. The first kappa shape index (κ1) is 13.4. The Morgan fingerprint density at radius 3 is 1.60 bits per heavy atom. The van der Waals surface area contributed by atoms with Gasteiger partial charge in [-0.1, -0.05) is 13.8 Å². The molecule has 1 aromatic rings. The van der Waals surface area contributed by atoms with E-state index in [1.54, 1.807) is 6.07 Å². The van der Waals surface area contributed by atoms with Crippen LogP contribution in [0.4, 0.5) is 0 Å². The number of hydrogen-bond donors (Lipinski definition) is 1. The zero-order chi connectivity index (χ0) is 11.8. The van der Waals surface area contributed by atoms with Crippen LogP contribution in [0.2, 0.25) is 0 Å². The zero-order valence-corrected chi connectivity index (χ0v) is 9.83. The molecule has 0 aliphatic rings. The second-order valence-corrected chi connectivity index (χ2v) is 2.38. The predicted molar refractivity (Wildman–Crippen MR) is 59.1 cm³/mol. The number of rotatable bonds is 3. The van der Waals surface area contributed by atoms with E-state index < -0.39 is 0 Å². The van der Waals surface area contributed by atoms with Gasteiger partial charge in [0, 0.05) is 12.1 Å². The summed E-state index contributed by atoms with van der Waals surface area (Å²) in [7, 11) is 4.50. The van der Waals surface area contributed by atoms with E-state index in [0.29, 0.717) is 17.2 Å². The van der Waals surface area contributed by atoms with Crippen LogP contribution in [0, 0.1) is 0 Å². The fourth-order valence-electron chi connectivity index (χ4n) is 1.01. The molecule has 0 aliphatic carbocycles. The van der Waals surface area contributed by atoms with Gasteiger partial charge >= 0.3 is 0 Å². The number of methoxy groups -OCH3 is 3. The lowest BCUT2D eigenvalue weighted by atomic mass is 10.3. The number of phenols is 1. The maximum atomic E-state index is 9.38. The molecule has 86 valence electrons. The van der Waals surface area contributed by atoms with E-state index in [-0.39, 0.29) is 5.75 Å². The largest absolute Gasteiger partial charge is 0.504 e. The molecule has 0 bridgehead atoms. The van der Waals surface area contributed by atoms with Crippen molar-refractivity contribution in [1.29, 1.82) is 0 Å². The van der Waals surface area contributed by atoms with Gasteiger partial charge < -0.3 is 19.3 Å². The van der Waals surface area contributed by atoms with Crippen LogP contribution < -0.4 is 14.2 Å². The summed E-state index contributed by atoms with van der Waals surface area (Å²) in [5.74, 6) is 1.38. The van der Waals surface area contributed by atoms with Crippen LogP contribution in [0.25, 0.3) is 0 Å². The molecule has 1 aromatic carbocycles. The summed E-state index contributed by atoms with van der Waals surface area (Å²) >= 11 is 0. The summed E-state index contributed by atoms with van der Waals surface area (Å²) in [4.78, 5) is 0. The lowest BCUT2D eigenvalue weighted by Crippen LogP contribution is -1.92. The van der Waals surface area contributed by atoms with E-state index >= 15 is 0 Å². The van der Waals surface area contributed by atoms with Gasteiger partial charge in [0.25, 0.3) is 0 Å². The van der Waals surface area contributed by atoms with Crippen molar-refractivity contribution in [2.75, 3.05) is 21.3 Å². The molecule has 15 heavy (non-hydrogen) atoms. The molecule has 0 saturated carbocycles. The highest BCUT2D eigenvalue weighted by Crippen LogP contribution is 2.38. The lowest BCUT2D eigenvalue weighted by Gasteiger charge is -2.10. The van der Waals surface area contributed by atoms with E-state index in [2.05, 4.69) is 0 Å². The van der Waals surface area contributed by atoms with Crippen molar-refractivity contribution in [2.45, 2.75) is 13.8 Å². The molecule has 1 rings (SSSR count). The third-order valence-electron chi connectivity index (χ3n) is 1.69. The Balaban J connectivity index is 0.000000921. The standard InChI is InChI=1S/C9H12O4.C2H6/c1-11-7-5-9(13-3)8(12-2)4-6(7)10;1-2/h4-5,10H,1-3H3;1-2H3. The Labute approximate surface area is 90.4 Å². The van der Waals surface area contributed by atoms with Crippen LogP contribution in [0.3, 0.4) is 0 Å². The Kier molecular flexibility index (Phi) is 6.09. The highest BCUT2D eigenvalue weighted by Gasteiger charge is 2.09. The average molecular weight is 214 g/mol. The van der Waals surface area contributed by atoms with Gasteiger partial charge in [0.15, 0.2) is 23.0 Å². The van der Waals surface area contributed by atoms with E-state index in [4.69, 9.17) is 14.2 Å². The Morgan fingerprint density at radius 2 is 1.20 bits per heavy atom. The van der Waals surface area contributed by atoms with Crippen molar-refractivity contribution < 1.29 is 19.3 Å². The molecular formula is C11H18O4. The molecule has 1 N–H and O–H groups in total. The summed E-state index contributed by atoms with van der Waals surface area (Å²) in [6.07, 6.45) is 0. The first-order valence-electron chi connectivity index (χ1n) is 4.72. The van der Waals surface area contributed by atoms with Crippen LogP contribution in [-0.2, 0) is 0 Å². The topological polar surface area (TPSA) is 47.9 Å². The maximum Gasteiger partial charge on any atom is 0.164 e. The van der Waals surface area contributed by atoms with E-state index in [9.17, 15) is 5.11 Å².